The Morgan fingerprint density at radius 2 is 1.76 bits per heavy atom. The van der Waals surface area contributed by atoms with Gasteiger partial charge < -0.3 is 10.8 Å². The van der Waals surface area contributed by atoms with Crippen molar-refractivity contribution in [2.75, 3.05) is 13.1 Å². The molecular formula is C14H28N2O. The third-order valence-electron chi connectivity index (χ3n) is 4.54. The monoisotopic (exact) mass is 240 g/mol. The number of nitrogens with two attached hydrogens (primary N) is 1. The van der Waals surface area contributed by atoms with E-state index in [-0.39, 0.29) is 6.10 Å². The Labute approximate surface area is 105 Å². The lowest BCUT2D eigenvalue weighted by molar-refractivity contribution is 0.00238. The summed E-state index contributed by atoms with van der Waals surface area (Å²) in [5.41, 5.74) is 5.73. The van der Waals surface area contributed by atoms with Gasteiger partial charge in [0.1, 0.15) is 0 Å². The number of hydrogen-bond acceptors (Lipinski definition) is 3. The maximum Gasteiger partial charge on any atom is 0.0695 e. The fourth-order valence-electron chi connectivity index (χ4n) is 3.62. The first-order chi connectivity index (χ1) is 8.33. The molecule has 17 heavy (non-hydrogen) atoms. The molecule has 0 amide bonds. The Morgan fingerprint density at radius 1 is 1.00 bits per heavy atom. The molecule has 3 N–H and O–H groups in total. The van der Waals surface area contributed by atoms with Crippen molar-refractivity contribution in [1.82, 2.24) is 4.90 Å². The Hall–Kier alpha value is -0.120. The fraction of sp³-hybridized carbons (Fsp3) is 1.00. The van der Waals surface area contributed by atoms with E-state index < -0.39 is 0 Å². The van der Waals surface area contributed by atoms with E-state index in [1.807, 2.05) is 0 Å². The lowest BCUT2D eigenvalue weighted by Crippen LogP contribution is -2.51. The standard InChI is InChI=1S/C14H28N2O/c15-10-9-12-6-4-5-11-16(12)13-7-2-1-3-8-14(13)17/h12-14,17H,1-11,15H2. The molecule has 1 heterocycles. The van der Waals surface area contributed by atoms with Gasteiger partial charge in [0.15, 0.2) is 0 Å². The minimum absolute atomic E-state index is 0.101. The Morgan fingerprint density at radius 3 is 2.59 bits per heavy atom. The molecule has 1 aliphatic heterocycles. The second-order valence-corrected chi connectivity index (χ2v) is 5.74. The number of piperidine rings is 1. The normalized spacial score (nSPS) is 36.7. The zero-order valence-corrected chi connectivity index (χ0v) is 11.0. The van der Waals surface area contributed by atoms with Crippen molar-refractivity contribution in [2.45, 2.75) is 76.0 Å². The molecule has 0 aromatic heterocycles. The van der Waals surface area contributed by atoms with Crippen LogP contribution < -0.4 is 5.73 Å². The molecule has 2 aliphatic rings. The molecule has 2 rings (SSSR count). The highest BCUT2D eigenvalue weighted by molar-refractivity contribution is 4.88. The number of nitrogens with zero attached hydrogens (tertiary/aromatic N) is 1. The molecule has 0 aromatic carbocycles. The number of aliphatic hydroxyl groups excluding tert-OH is 1. The first kappa shape index (κ1) is 13.3. The largest absolute Gasteiger partial charge is 0.391 e. The molecule has 3 nitrogen and oxygen atoms in total. The van der Waals surface area contributed by atoms with Crippen LogP contribution in [0, 0.1) is 0 Å². The summed E-state index contributed by atoms with van der Waals surface area (Å²) in [7, 11) is 0. The van der Waals surface area contributed by atoms with Crippen molar-refractivity contribution in [3.05, 3.63) is 0 Å². The maximum atomic E-state index is 10.3. The minimum Gasteiger partial charge on any atom is -0.391 e. The van der Waals surface area contributed by atoms with Crippen LogP contribution in [-0.4, -0.2) is 41.3 Å². The van der Waals surface area contributed by atoms with Crippen LogP contribution >= 0.6 is 0 Å². The van der Waals surface area contributed by atoms with Crippen molar-refractivity contribution in [1.29, 1.82) is 0 Å². The van der Waals surface area contributed by atoms with E-state index in [2.05, 4.69) is 4.90 Å². The van der Waals surface area contributed by atoms with Gasteiger partial charge in [0, 0.05) is 12.1 Å². The van der Waals surface area contributed by atoms with E-state index in [4.69, 9.17) is 5.73 Å². The van der Waals surface area contributed by atoms with Gasteiger partial charge in [0.05, 0.1) is 6.10 Å². The summed E-state index contributed by atoms with van der Waals surface area (Å²) in [4.78, 5) is 2.59. The van der Waals surface area contributed by atoms with Crippen molar-refractivity contribution in [3.8, 4) is 0 Å². The van der Waals surface area contributed by atoms with Crippen LogP contribution in [0.25, 0.3) is 0 Å². The molecule has 0 bridgehead atoms. The average molecular weight is 240 g/mol. The summed E-state index contributed by atoms with van der Waals surface area (Å²) in [5.74, 6) is 0. The first-order valence-electron chi connectivity index (χ1n) is 7.47. The lowest BCUT2D eigenvalue weighted by atomic mass is 9.93. The van der Waals surface area contributed by atoms with Crippen LogP contribution in [0.2, 0.25) is 0 Å². The molecule has 3 unspecified atom stereocenters. The molecule has 0 spiro atoms. The molecule has 3 heteroatoms. The molecule has 1 aliphatic carbocycles. The van der Waals surface area contributed by atoms with Gasteiger partial charge in [-0.2, -0.15) is 0 Å². The van der Waals surface area contributed by atoms with E-state index >= 15 is 0 Å². The number of rotatable bonds is 3. The van der Waals surface area contributed by atoms with Crippen LogP contribution in [0.4, 0.5) is 0 Å². The van der Waals surface area contributed by atoms with Crippen LogP contribution in [0.15, 0.2) is 0 Å². The molecule has 2 fully saturated rings. The SMILES string of the molecule is NCCC1CCCCN1C1CCCCCC1O. The van der Waals surface area contributed by atoms with Gasteiger partial charge in [-0.15, -0.1) is 0 Å². The molecular weight excluding hydrogens is 212 g/mol. The topological polar surface area (TPSA) is 49.5 Å². The van der Waals surface area contributed by atoms with Crippen LogP contribution in [0.3, 0.4) is 0 Å². The molecule has 0 aromatic rings. The van der Waals surface area contributed by atoms with Gasteiger partial charge in [-0.3, -0.25) is 4.90 Å². The van der Waals surface area contributed by atoms with E-state index in [0.29, 0.717) is 12.1 Å². The number of hydrogen-bond donors (Lipinski definition) is 2. The lowest BCUT2D eigenvalue weighted by Gasteiger charge is -2.42. The van der Waals surface area contributed by atoms with Crippen LogP contribution in [0.1, 0.15) is 57.8 Å². The van der Waals surface area contributed by atoms with E-state index in [1.165, 1.54) is 51.5 Å². The molecule has 1 saturated heterocycles. The summed E-state index contributed by atoms with van der Waals surface area (Å²) in [6.45, 7) is 1.95. The predicted octanol–water partition coefficient (Wildman–Crippen LogP) is 1.88. The minimum atomic E-state index is -0.101. The zero-order chi connectivity index (χ0) is 12.1. The summed E-state index contributed by atoms with van der Waals surface area (Å²) < 4.78 is 0. The Bertz CT molecular complexity index is 220. The van der Waals surface area contributed by atoms with E-state index in [0.717, 1.165) is 19.4 Å². The molecule has 100 valence electrons. The van der Waals surface area contributed by atoms with Gasteiger partial charge >= 0.3 is 0 Å². The van der Waals surface area contributed by atoms with Gasteiger partial charge in [-0.1, -0.05) is 25.7 Å². The first-order valence-corrected chi connectivity index (χ1v) is 7.47. The third-order valence-corrected chi connectivity index (χ3v) is 4.54. The van der Waals surface area contributed by atoms with E-state index in [1.54, 1.807) is 0 Å². The molecule has 0 radical (unpaired) electrons. The quantitative estimate of drug-likeness (QED) is 0.741. The van der Waals surface area contributed by atoms with Gasteiger partial charge in [0.2, 0.25) is 0 Å². The third kappa shape index (κ3) is 3.43. The zero-order valence-electron chi connectivity index (χ0n) is 11.0. The van der Waals surface area contributed by atoms with Crippen molar-refractivity contribution >= 4 is 0 Å². The number of aliphatic hydroxyl groups is 1. The highest BCUT2D eigenvalue weighted by Crippen LogP contribution is 2.29. The average Bonchev–Trinajstić information content (AvgIpc) is 2.55. The second-order valence-electron chi connectivity index (χ2n) is 5.74. The number of likely N-dealkylation sites (tertiary alicyclic amines) is 1. The van der Waals surface area contributed by atoms with Crippen molar-refractivity contribution in [3.63, 3.8) is 0 Å². The van der Waals surface area contributed by atoms with Gasteiger partial charge in [-0.25, -0.2) is 0 Å². The maximum absolute atomic E-state index is 10.3. The summed E-state index contributed by atoms with van der Waals surface area (Å²) >= 11 is 0. The van der Waals surface area contributed by atoms with Crippen LogP contribution in [-0.2, 0) is 0 Å². The highest BCUT2D eigenvalue weighted by Gasteiger charge is 2.33. The Balaban J connectivity index is 2.00. The fourth-order valence-corrected chi connectivity index (χ4v) is 3.62. The van der Waals surface area contributed by atoms with Crippen molar-refractivity contribution in [2.24, 2.45) is 5.73 Å². The molecule has 1 saturated carbocycles. The van der Waals surface area contributed by atoms with Gasteiger partial charge in [-0.05, 0) is 45.2 Å². The summed E-state index contributed by atoms with van der Waals surface area (Å²) in [6, 6.07) is 1.04. The second kappa shape index (κ2) is 6.72. The smallest absolute Gasteiger partial charge is 0.0695 e. The Kier molecular flexibility index (Phi) is 5.26. The van der Waals surface area contributed by atoms with E-state index in [9.17, 15) is 5.11 Å². The molecule has 3 atom stereocenters. The summed E-state index contributed by atoms with van der Waals surface area (Å²) in [5, 5.41) is 10.3. The van der Waals surface area contributed by atoms with Crippen LogP contribution in [0.5, 0.6) is 0 Å². The summed E-state index contributed by atoms with van der Waals surface area (Å²) in [6.07, 6.45) is 10.9. The van der Waals surface area contributed by atoms with Gasteiger partial charge in [0.25, 0.3) is 0 Å². The highest BCUT2D eigenvalue weighted by atomic mass is 16.3. The van der Waals surface area contributed by atoms with Crippen molar-refractivity contribution < 1.29 is 5.11 Å². The predicted molar refractivity (Wildman–Crippen MR) is 70.9 cm³/mol.